The number of rotatable bonds is 5. The molecule has 1 aliphatic carbocycles. The van der Waals surface area contributed by atoms with Gasteiger partial charge in [0.1, 0.15) is 0 Å². The predicted octanol–water partition coefficient (Wildman–Crippen LogP) is 3.22. The highest BCUT2D eigenvalue weighted by atomic mass is 32.2. The molecule has 0 spiro atoms. The van der Waals surface area contributed by atoms with Crippen molar-refractivity contribution >= 4 is 15.7 Å². The molecule has 0 fully saturated rings. The second kappa shape index (κ2) is 6.37. The number of aromatic nitrogens is 2. The summed E-state index contributed by atoms with van der Waals surface area (Å²) in [5.41, 5.74) is 4.04. The molecule has 4 rings (SSSR count). The summed E-state index contributed by atoms with van der Waals surface area (Å²) in [5.74, 6) is 0. The molecule has 1 heterocycles. The van der Waals surface area contributed by atoms with Crippen molar-refractivity contribution in [1.29, 1.82) is 0 Å². The van der Waals surface area contributed by atoms with Crippen LogP contribution in [0.1, 0.15) is 23.1 Å². The lowest BCUT2D eigenvalue weighted by molar-refractivity contribution is 0.601. The zero-order valence-electron chi connectivity index (χ0n) is 13.7. The van der Waals surface area contributed by atoms with Gasteiger partial charge in [-0.05, 0) is 66.3 Å². The zero-order chi connectivity index (χ0) is 17.3. The highest BCUT2D eigenvalue weighted by Gasteiger charge is 2.18. The summed E-state index contributed by atoms with van der Waals surface area (Å²) in [6.07, 6.45) is 6.73. The molecule has 2 aromatic carbocycles. The summed E-state index contributed by atoms with van der Waals surface area (Å²) in [6.45, 7) is 0.658. The third kappa shape index (κ3) is 3.44. The van der Waals surface area contributed by atoms with Gasteiger partial charge in [0.05, 0.1) is 11.4 Å². The maximum Gasteiger partial charge on any atom is 0.261 e. The van der Waals surface area contributed by atoms with E-state index in [4.69, 9.17) is 0 Å². The van der Waals surface area contributed by atoms with E-state index in [0.29, 0.717) is 17.1 Å². The van der Waals surface area contributed by atoms with Crippen molar-refractivity contribution in [2.24, 2.45) is 0 Å². The number of hydrogen-bond donors (Lipinski definition) is 1. The van der Waals surface area contributed by atoms with E-state index in [1.165, 1.54) is 5.56 Å². The minimum atomic E-state index is -3.57. The van der Waals surface area contributed by atoms with Crippen LogP contribution in [0.3, 0.4) is 0 Å². The summed E-state index contributed by atoms with van der Waals surface area (Å²) < 4.78 is 29.7. The Balaban J connectivity index is 1.50. The number of benzene rings is 2. The second-order valence-electron chi connectivity index (χ2n) is 6.29. The first-order chi connectivity index (χ1) is 12.1. The summed E-state index contributed by atoms with van der Waals surface area (Å²) in [5, 5.41) is 4.17. The van der Waals surface area contributed by atoms with Crippen LogP contribution < -0.4 is 4.72 Å². The molecular formula is C19H19N3O2S. The highest BCUT2D eigenvalue weighted by Crippen LogP contribution is 2.26. The fourth-order valence-electron chi connectivity index (χ4n) is 3.19. The molecule has 128 valence electrons. The lowest BCUT2D eigenvalue weighted by atomic mass is 10.1. The topological polar surface area (TPSA) is 64.0 Å². The van der Waals surface area contributed by atoms with Crippen LogP contribution in [0, 0.1) is 0 Å². The fraction of sp³-hybridized carbons (Fsp3) is 0.211. The van der Waals surface area contributed by atoms with Gasteiger partial charge < -0.3 is 0 Å². The Morgan fingerprint density at radius 3 is 2.60 bits per heavy atom. The number of nitrogens with one attached hydrogen (secondary N) is 1. The van der Waals surface area contributed by atoms with Gasteiger partial charge >= 0.3 is 0 Å². The molecule has 1 aromatic heterocycles. The largest absolute Gasteiger partial charge is 0.280 e. The second-order valence-corrected chi connectivity index (χ2v) is 7.97. The first-order valence-electron chi connectivity index (χ1n) is 8.31. The predicted molar refractivity (Wildman–Crippen MR) is 97.0 cm³/mol. The number of anilines is 1. The van der Waals surface area contributed by atoms with Crippen LogP contribution >= 0.6 is 0 Å². The molecule has 0 unspecified atom stereocenters. The highest BCUT2D eigenvalue weighted by molar-refractivity contribution is 7.92. The lowest BCUT2D eigenvalue weighted by Crippen LogP contribution is -2.13. The molecule has 0 radical (unpaired) electrons. The van der Waals surface area contributed by atoms with Crippen molar-refractivity contribution in [1.82, 2.24) is 9.78 Å². The van der Waals surface area contributed by atoms with E-state index in [1.54, 1.807) is 30.5 Å². The first kappa shape index (κ1) is 15.9. The monoisotopic (exact) mass is 353 g/mol. The van der Waals surface area contributed by atoms with Crippen molar-refractivity contribution in [2.75, 3.05) is 4.72 Å². The van der Waals surface area contributed by atoms with Gasteiger partial charge in [0, 0.05) is 18.1 Å². The number of aryl methyl sites for hydroxylation is 2. The maximum atomic E-state index is 12.6. The van der Waals surface area contributed by atoms with Gasteiger partial charge in [-0.25, -0.2) is 8.42 Å². The molecule has 3 aromatic rings. The van der Waals surface area contributed by atoms with E-state index in [9.17, 15) is 8.42 Å². The molecule has 0 atom stereocenters. The van der Waals surface area contributed by atoms with Crippen LogP contribution in [0.2, 0.25) is 0 Å². The molecule has 0 saturated heterocycles. The van der Waals surface area contributed by atoms with Crippen LogP contribution in [0.25, 0.3) is 0 Å². The standard InChI is InChI=1S/C19H19N3O2S/c23-25(24,19-10-7-16-3-1-4-17(16)13-19)21-18-8-5-15(6-9-18)14-22-12-2-11-20-22/h2,5-13,21H,1,3-4,14H2. The van der Waals surface area contributed by atoms with Crippen molar-refractivity contribution in [3.63, 3.8) is 0 Å². The van der Waals surface area contributed by atoms with Crippen molar-refractivity contribution in [3.05, 3.63) is 77.6 Å². The van der Waals surface area contributed by atoms with E-state index in [0.717, 1.165) is 30.4 Å². The third-order valence-corrected chi connectivity index (χ3v) is 5.87. The van der Waals surface area contributed by atoms with Crippen molar-refractivity contribution in [2.45, 2.75) is 30.7 Å². The Kier molecular flexibility index (Phi) is 4.05. The minimum Gasteiger partial charge on any atom is -0.280 e. The molecular weight excluding hydrogens is 334 g/mol. The van der Waals surface area contributed by atoms with Crippen LogP contribution in [0.15, 0.2) is 65.8 Å². The Morgan fingerprint density at radius 2 is 1.84 bits per heavy atom. The van der Waals surface area contributed by atoms with Crippen LogP contribution in [-0.4, -0.2) is 18.2 Å². The van der Waals surface area contributed by atoms with E-state index in [1.807, 2.05) is 35.1 Å². The molecule has 0 bridgehead atoms. The average Bonchev–Trinajstić information content (AvgIpc) is 3.27. The Hall–Kier alpha value is -2.60. The van der Waals surface area contributed by atoms with Gasteiger partial charge in [0.15, 0.2) is 0 Å². The molecule has 6 heteroatoms. The Bertz CT molecular complexity index is 978. The maximum absolute atomic E-state index is 12.6. The average molecular weight is 353 g/mol. The van der Waals surface area contributed by atoms with Crippen molar-refractivity contribution in [3.8, 4) is 0 Å². The minimum absolute atomic E-state index is 0.328. The number of fused-ring (bicyclic) bond motifs is 1. The van der Waals surface area contributed by atoms with E-state index in [2.05, 4.69) is 9.82 Å². The van der Waals surface area contributed by atoms with Gasteiger partial charge in [0.25, 0.3) is 10.0 Å². The summed E-state index contributed by atoms with van der Waals surface area (Å²) in [4.78, 5) is 0.328. The van der Waals surface area contributed by atoms with Gasteiger partial charge in [-0.1, -0.05) is 18.2 Å². The normalized spacial score (nSPS) is 13.6. The quantitative estimate of drug-likeness (QED) is 0.766. The number of nitrogens with zero attached hydrogens (tertiary/aromatic N) is 2. The van der Waals surface area contributed by atoms with Crippen LogP contribution in [-0.2, 0) is 29.4 Å². The third-order valence-electron chi connectivity index (χ3n) is 4.49. The zero-order valence-corrected chi connectivity index (χ0v) is 14.5. The molecule has 25 heavy (non-hydrogen) atoms. The first-order valence-corrected chi connectivity index (χ1v) is 9.79. The summed E-state index contributed by atoms with van der Waals surface area (Å²) in [7, 11) is -3.57. The summed E-state index contributed by atoms with van der Waals surface area (Å²) in [6, 6.07) is 14.7. The Morgan fingerprint density at radius 1 is 1.04 bits per heavy atom. The van der Waals surface area contributed by atoms with E-state index < -0.39 is 10.0 Å². The molecule has 0 saturated carbocycles. The molecule has 5 nitrogen and oxygen atoms in total. The van der Waals surface area contributed by atoms with Gasteiger partial charge in [0.2, 0.25) is 0 Å². The van der Waals surface area contributed by atoms with E-state index in [-0.39, 0.29) is 0 Å². The fourth-order valence-corrected chi connectivity index (χ4v) is 4.30. The SMILES string of the molecule is O=S(=O)(Nc1ccc(Cn2cccn2)cc1)c1ccc2c(c1)CCC2. The Labute approximate surface area is 147 Å². The number of hydrogen-bond acceptors (Lipinski definition) is 3. The number of sulfonamides is 1. The van der Waals surface area contributed by atoms with Crippen LogP contribution in [0.4, 0.5) is 5.69 Å². The van der Waals surface area contributed by atoms with E-state index >= 15 is 0 Å². The summed E-state index contributed by atoms with van der Waals surface area (Å²) >= 11 is 0. The van der Waals surface area contributed by atoms with Gasteiger partial charge in [-0.3, -0.25) is 9.40 Å². The van der Waals surface area contributed by atoms with Crippen LogP contribution in [0.5, 0.6) is 0 Å². The molecule has 0 aliphatic heterocycles. The molecule has 1 N–H and O–H groups in total. The van der Waals surface area contributed by atoms with Gasteiger partial charge in [-0.2, -0.15) is 5.10 Å². The smallest absolute Gasteiger partial charge is 0.261 e. The van der Waals surface area contributed by atoms with Gasteiger partial charge in [-0.15, -0.1) is 0 Å². The lowest BCUT2D eigenvalue weighted by Gasteiger charge is -2.10. The van der Waals surface area contributed by atoms with Crippen molar-refractivity contribution < 1.29 is 8.42 Å². The molecule has 0 amide bonds. The molecule has 1 aliphatic rings.